The van der Waals surface area contributed by atoms with Crippen LogP contribution in [0.1, 0.15) is 13.8 Å². The van der Waals surface area contributed by atoms with Crippen molar-refractivity contribution in [3.63, 3.8) is 0 Å². The molecular formula is C14H19ClN2O3. The normalized spacial score (nSPS) is 10.8. The van der Waals surface area contributed by atoms with Crippen molar-refractivity contribution in [1.29, 1.82) is 0 Å². The van der Waals surface area contributed by atoms with E-state index in [0.717, 1.165) is 0 Å². The van der Waals surface area contributed by atoms with Crippen LogP contribution in [0.2, 0.25) is 5.02 Å². The van der Waals surface area contributed by atoms with Crippen LogP contribution in [-0.2, 0) is 9.59 Å². The Morgan fingerprint density at radius 2 is 1.80 bits per heavy atom. The fourth-order valence-electron chi connectivity index (χ4n) is 1.37. The molecule has 1 aromatic rings. The number of hydrogen-bond donors (Lipinski definition) is 1. The lowest BCUT2D eigenvalue weighted by Gasteiger charge is -2.25. The van der Waals surface area contributed by atoms with Crippen molar-refractivity contribution in [1.82, 2.24) is 10.2 Å². The zero-order valence-electron chi connectivity index (χ0n) is 12.1. The Kier molecular flexibility index (Phi) is 5.39. The van der Waals surface area contributed by atoms with Crippen molar-refractivity contribution >= 4 is 23.4 Å². The number of carbonyl (C=O) groups is 2. The maximum absolute atomic E-state index is 12.0. The molecule has 0 saturated carbocycles. The predicted molar refractivity (Wildman–Crippen MR) is 77.9 cm³/mol. The topological polar surface area (TPSA) is 58.6 Å². The molecule has 1 aromatic carbocycles. The molecule has 0 aliphatic heterocycles. The number of amides is 2. The summed E-state index contributed by atoms with van der Waals surface area (Å²) in [4.78, 5) is 24.9. The van der Waals surface area contributed by atoms with E-state index >= 15 is 0 Å². The first-order valence-corrected chi connectivity index (χ1v) is 6.53. The van der Waals surface area contributed by atoms with Crippen LogP contribution in [0.3, 0.4) is 0 Å². The van der Waals surface area contributed by atoms with Crippen LogP contribution < -0.4 is 10.1 Å². The van der Waals surface area contributed by atoms with Gasteiger partial charge in [0.15, 0.2) is 5.60 Å². The number of ether oxygens (including phenoxy) is 1. The predicted octanol–water partition coefficient (Wildman–Crippen LogP) is 1.70. The molecule has 0 unspecified atom stereocenters. The Labute approximate surface area is 123 Å². The van der Waals surface area contributed by atoms with E-state index in [-0.39, 0.29) is 18.4 Å². The zero-order chi connectivity index (χ0) is 15.3. The molecule has 0 fully saturated rings. The van der Waals surface area contributed by atoms with Gasteiger partial charge in [-0.2, -0.15) is 0 Å². The van der Waals surface area contributed by atoms with E-state index in [1.165, 1.54) is 4.90 Å². The van der Waals surface area contributed by atoms with E-state index in [1.54, 1.807) is 52.2 Å². The summed E-state index contributed by atoms with van der Waals surface area (Å²) in [5, 5.41) is 3.15. The maximum atomic E-state index is 12.0. The molecule has 0 radical (unpaired) electrons. The van der Waals surface area contributed by atoms with Crippen LogP contribution in [0.5, 0.6) is 5.75 Å². The summed E-state index contributed by atoms with van der Waals surface area (Å²) >= 11 is 5.78. The minimum atomic E-state index is -1.08. The summed E-state index contributed by atoms with van der Waals surface area (Å²) in [6.45, 7) is 3.22. The average Bonchev–Trinajstić information content (AvgIpc) is 2.37. The lowest BCUT2D eigenvalue weighted by atomic mass is 10.1. The highest BCUT2D eigenvalue weighted by Gasteiger charge is 2.30. The van der Waals surface area contributed by atoms with Gasteiger partial charge in [0.1, 0.15) is 5.75 Å². The standard InChI is InChI=1S/C14H19ClN2O3/c1-14(2,13(19)16-9-12(18)17(3)4)20-11-7-5-10(15)6-8-11/h5-8H,9H2,1-4H3,(H,16,19). The van der Waals surface area contributed by atoms with E-state index in [1.807, 2.05) is 0 Å². The average molecular weight is 299 g/mol. The maximum Gasteiger partial charge on any atom is 0.264 e. The van der Waals surface area contributed by atoms with E-state index in [9.17, 15) is 9.59 Å². The Bertz CT molecular complexity index is 484. The Hall–Kier alpha value is -1.75. The number of rotatable bonds is 5. The van der Waals surface area contributed by atoms with Crippen molar-refractivity contribution in [2.24, 2.45) is 0 Å². The van der Waals surface area contributed by atoms with E-state index in [4.69, 9.17) is 16.3 Å². The molecule has 0 aliphatic rings. The van der Waals surface area contributed by atoms with Gasteiger partial charge in [-0.3, -0.25) is 9.59 Å². The largest absolute Gasteiger partial charge is 0.478 e. The SMILES string of the molecule is CN(C)C(=O)CNC(=O)C(C)(C)Oc1ccc(Cl)cc1. The highest BCUT2D eigenvalue weighted by atomic mass is 35.5. The molecule has 0 aliphatic carbocycles. The summed E-state index contributed by atoms with van der Waals surface area (Å²) in [6.07, 6.45) is 0. The van der Waals surface area contributed by atoms with Crippen LogP contribution in [0.25, 0.3) is 0 Å². The van der Waals surface area contributed by atoms with Gasteiger partial charge in [0, 0.05) is 19.1 Å². The molecule has 1 rings (SSSR count). The molecule has 20 heavy (non-hydrogen) atoms. The molecule has 2 amide bonds. The fraction of sp³-hybridized carbons (Fsp3) is 0.429. The van der Waals surface area contributed by atoms with Crippen LogP contribution in [-0.4, -0.2) is 43.0 Å². The summed E-state index contributed by atoms with van der Waals surface area (Å²) < 4.78 is 5.62. The lowest BCUT2D eigenvalue weighted by molar-refractivity contribution is -0.137. The summed E-state index contributed by atoms with van der Waals surface area (Å²) in [5.41, 5.74) is -1.08. The second kappa shape index (κ2) is 6.61. The van der Waals surface area contributed by atoms with Gasteiger partial charge in [-0.15, -0.1) is 0 Å². The van der Waals surface area contributed by atoms with Gasteiger partial charge < -0.3 is 15.0 Å². The third-order valence-corrected chi connectivity index (χ3v) is 2.88. The van der Waals surface area contributed by atoms with Gasteiger partial charge >= 0.3 is 0 Å². The second-order valence-electron chi connectivity index (χ2n) is 5.04. The highest BCUT2D eigenvalue weighted by Crippen LogP contribution is 2.20. The van der Waals surface area contributed by atoms with Crippen LogP contribution in [0.15, 0.2) is 24.3 Å². The van der Waals surface area contributed by atoms with Crippen LogP contribution in [0.4, 0.5) is 0 Å². The van der Waals surface area contributed by atoms with E-state index < -0.39 is 5.60 Å². The van der Waals surface area contributed by atoms with Crippen molar-refractivity contribution in [2.45, 2.75) is 19.4 Å². The van der Waals surface area contributed by atoms with Gasteiger partial charge in [0.05, 0.1) is 6.54 Å². The third kappa shape index (κ3) is 4.74. The van der Waals surface area contributed by atoms with E-state index in [0.29, 0.717) is 10.8 Å². The Balaban J connectivity index is 2.61. The summed E-state index contributed by atoms with van der Waals surface area (Å²) in [7, 11) is 3.26. The number of halogens is 1. The van der Waals surface area contributed by atoms with Gasteiger partial charge in [-0.1, -0.05) is 11.6 Å². The highest BCUT2D eigenvalue weighted by molar-refractivity contribution is 6.30. The van der Waals surface area contributed by atoms with Crippen molar-refractivity contribution in [3.8, 4) is 5.75 Å². The Morgan fingerprint density at radius 3 is 2.30 bits per heavy atom. The van der Waals surface area contributed by atoms with Crippen molar-refractivity contribution < 1.29 is 14.3 Å². The minimum Gasteiger partial charge on any atom is -0.478 e. The minimum absolute atomic E-state index is 0.0563. The van der Waals surface area contributed by atoms with Gasteiger partial charge in [0.2, 0.25) is 5.91 Å². The third-order valence-electron chi connectivity index (χ3n) is 2.63. The van der Waals surface area contributed by atoms with E-state index in [2.05, 4.69) is 5.32 Å². The number of nitrogens with zero attached hydrogens (tertiary/aromatic N) is 1. The fourth-order valence-corrected chi connectivity index (χ4v) is 1.50. The molecule has 0 saturated heterocycles. The monoisotopic (exact) mass is 298 g/mol. The number of benzene rings is 1. The molecule has 110 valence electrons. The van der Waals surface area contributed by atoms with Crippen LogP contribution >= 0.6 is 11.6 Å². The molecule has 0 spiro atoms. The molecule has 0 aromatic heterocycles. The summed E-state index contributed by atoms with van der Waals surface area (Å²) in [5.74, 6) is -0.00298. The zero-order valence-corrected chi connectivity index (χ0v) is 12.8. The molecular weight excluding hydrogens is 280 g/mol. The molecule has 6 heteroatoms. The molecule has 5 nitrogen and oxygen atoms in total. The van der Waals surface area contributed by atoms with Crippen molar-refractivity contribution in [2.75, 3.05) is 20.6 Å². The number of hydrogen-bond acceptors (Lipinski definition) is 3. The quantitative estimate of drug-likeness (QED) is 0.900. The van der Waals surface area contributed by atoms with Gasteiger partial charge in [0.25, 0.3) is 5.91 Å². The van der Waals surface area contributed by atoms with Gasteiger partial charge in [-0.05, 0) is 38.1 Å². The molecule has 0 atom stereocenters. The number of likely N-dealkylation sites (N-methyl/N-ethyl adjacent to an activating group) is 1. The molecule has 0 bridgehead atoms. The lowest BCUT2D eigenvalue weighted by Crippen LogP contribution is -2.49. The van der Waals surface area contributed by atoms with Crippen LogP contribution in [0, 0.1) is 0 Å². The first-order valence-electron chi connectivity index (χ1n) is 6.15. The van der Waals surface area contributed by atoms with Crippen molar-refractivity contribution in [3.05, 3.63) is 29.3 Å². The molecule has 1 N–H and O–H groups in total. The van der Waals surface area contributed by atoms with Gasteiger partial charge in [-0.25, -0.2) is 0 Å². The molecule has 0 heterocycles. The number of nitrogens with one attached hydrogen (secondary N) is 1. The Morgan fingerprint density at radius 1 is 1.25 bits per heavy atom. The number of carbonyl (C=O) groups excluding carboxylic acids is 2. The first kappa shape index (κ1) is 16.3. The summed E-state index contributed by atoms with van der Waals surface area (Å²) in [6, 6.07) is 6.73. The second-order valence-corrected chi connectivity index (χ2v) is 5.47. The smallest absolute Gasteiger partial charge is 0.264 e. The first-order chi connectivity index (χ1) is 9.22.